The molecule has 0 aliphatic carbocycles. The van der Waals surface area contributed by atoms with Crippen molar-refractivity contribution in [2.75, 3.05) is 39.8 Å². The van der Waals surface area contributed by atoms with E-state index in [1.54, 1.807) is 12.1 Å². The molecule has 1 aromatic rings. The molecule has 1 saturated heterocycles. The zero-order valence-corrected chi connectivity index (χ0v) is 10.8. The van der Waals surface area contributed by atoms with E-state index in [0.717, 1.165) is 32.7 Å². The maximum absolute atomic E-state index is 11.3. The van der Waals surface area contributed by atoms with Crippen molar-refractivity contribution in [3.8, 4) is 0 Å². The minimum absolute atomic E-state index is 0.221. The Morgan fingerprint density at radius 1 is 1.17 bits per heavy atom. The van der Waals surface area contributed by atoms with Crippen LogP contribution in [0.4, 0.5) is 0 Å². The molecule has 4 nitrogen and oxygen atoms in total. The summed E-state index contributed by atoms with van der Waals surface area (Å²) in [6, 6.07) is 7.54. The Morgan fingerprint density at radius 2 is 1.78 bits per heavy atom. The molecule has 0 spiro atoms. The van der Waals surface area contributed by atoms with Crippen molar-refractivity contribution in [3.63, 3.8) is 0 Å². The summed E-state index contributed by atoms with van der Waals surface area (Å²) < 4.78 is 0. The summed E-state index contributed by atoms with van der Waals surface area (Å²) in [6.45, 7) is 4.92. The Morgan fingerprint density at radius 3 is 2.33 bits per heavy atom. The number of carbonyl (C=O) groups is 1. The second-order valence-electron chi connectivity index (χ2n) is 4.86. The Kier molecular flexibility index (Phi) is 4.47. The van der Waals surface area contributed by atoms with Crippen LogP contribution in [0, 0.1) is 0 Å². The van der Waals surface area contributed by atoms with Crippen LogP contribution in [0.5, 0.6) is 0 Å². The van der Waals surface area contributed by atoms with Gasteiger partial charge in [0.05, 0.1) is 0 Å². The van der Waals surface area contributed by atoms with Crippen LogP contribution in [0.2, 0.25) is 0 Å². The van der Waals surface area contributed by atoms with Gasteiger partial charge in [-0.2, -0.15) is 0 Å². The molecule has 0 amide bonds. The SMILES string of the molecule is CN1CCN(Cc2ccc(C(=O)CO)cc2)CC1. The van der Waals surface area contributed by atoms with Gasteiger partial charge in [-0.05, 0) is 12.6 Å². The second-order valence-corrected chi connectivity index (χ2v) is 4.86. The number of aliphatic hydroxyl groups is 1. The number of likely N-dealkylation sites (N-methyl/N-ethyl adjacent to an activating group) is 1. The molecule has 18 heavy (non-hydrogen) atoms. The first-order valence-electron chi connectivity index (χ1n) is 6.33. The molecule has 0 saturated carbocycles. The molecule has 0 bridgehead atoms. The normalized spacial score (nSPS) is 17.9. The van der Waals surface area contributed by atoms with Gasteiger partial charge in [0.25, 0.3) is 0 Å². The smallest absolute Gasteiger partial charge is 0.188 e. The molecule has 0 aromatic heterocycles. The first-order valence-corrected chi connectivity index (χ1v) is 6.33. The lowest BCUT2D eigenvalue weighted by Crippen LogP contribution is -2.43. The van der Waals surface area contributed by atoms with E-state index in [9.17, 15) is 4.79 Å². The third kappa shape index (κ3) is 3.38. The first-order chi connectivity index (χ1) is 8.69. The Labute approximate surface area is 108 Å². The predicted octanol–water partition coefficient (Wildman–Crippen LogP) is 0.609. The monoisotopic (exact) mass is 248 g/mol. The van der Waals surface area contributed by atoms with Gasteiger partial charge >= 0.3 is 0 Å². The fourth-order valence-electron chi connectivity index (χ4n) is 2.15. The van der Waals surface area contributed by atoms with E-state index >= 15 is 0 Å². The molecule has 4 heteroatoms. The van der Waals surface area contributed by atoms with Gasteiger partial charge in [0.15, 0.2) is 5.78 Å². The minimum atomic E-state index is -0.419. The molecule has 1 fully saturated rings. The van der Waals surface area contributed by atoms with E-state index < -0.39 is 6.61 Å². The van der Waals surface area contributed by atoms with Crippen LogP contribution >= 0.6 is 0 Å². The van der Waals surface area contributed by atoms with E-state index in [2.05, 4.69) is 16.8 Å². The Hall–Kier alpha value is -1.23. The number of benzene rings is 1. The van der Waals surface area contributed by atoms with Crippen molar-refractivity contribution < 1.29 is 9.90 Å². The van der Waals surface area contributed by atoms with Gasteiger partial charge in [-0.15, -0.1) is 0 Å². The van der Waals surface area contributed by atoms with Gasteiger partial charge in [0.2, 0.25) is 0 Å². The molecule has 0 atom stereocenters. The van der Waals surface area contributed by atoms with Crippen LogP contribution < -0.4 is 0 Å². The Balaban J connectivity index is 1.92. The second kappa shape index (κ2) is 6.09. The topological polar surface area (TPSA) is 43.8 Å². The quantitative estimate of drug-likeness (QED) is 0.793. The highest BCUT2D eigenvalue weighted by molar-refractivity contribution is 5.96. The average molecular weight is 248 g/mol. The third-order valence-corrected chi connectivity index (χ3v) is 3.42. The van der Waals surface area contributed by atoms with Gasteiger partial charge in [0, 0.05) is 38.3 Å². The van der Waals surface area contributed by atoms with Gasteiger partial charge < -0.3 is 10.0 Å². The van der Waals surface area contributed by atoms with Crippen molar-refractivity contribution in [2.24, 2.45) is 0 Å². The number of hydrogen-bond donors (Lipinski definition) is 1. The number of Topliss-reactive ketones (excluding diaryl/α,β-unsaturated/α-hetero) is 1. The number of nitrogens with zero attached hydrogens (tertiary/aromatic N) is 2. The summed E-state index contributed by atoms with van der Waals surface area (Å²) in [5.41, 5.74) is 1.80. The van der Waals surface area contributed by atoms with Gasteiger partial charge in [-0.1, -0.05) is 24.3 Å². The highest BCUT2D eigenvalue weighted by Crippen LogP contribution is 2.10. The van der Waals surface area contributed by atoms with Crippen molar-refractivity contribution in [1.29, 1.82) is 0 Å². The molecular formula is C14H20N2O2. The maximum atomic E-state index is 11.3. The summed E-state index contributed by atoms with van der Waals surface area (Å²) in [5.74, 6) is -0.221. The highest BCUT2D eigenvalue weighted by atomic mass is 16.3. The molecule has 1 N–H and O–H groups in total. The number of carbonyl (C=O) groups excluding carboxylic acids is 1. The van der Waals surface area contributed by atoms with E-state index in [-0.39, 0.29) is 5.78 Å². The third-order valence-electron chi connectivity index (χ3n) is 3.42. The number of ketones is 1. The van der Waals surface area contributed by atoms with Crippen molar-refractivity contribution in [2.45, 2.75) is 6.54 Å². The number of piperazine rings is 1. The van der Waals surface area contributed by atoms with Gasteiger partial charge in [-0.3, -0.25) is 9.69 Å². The molecule has 1 aromatic carbocycles. The molecule has 1 heterocycles. The lowest BCUT2D eigenvalue weighted by Gasteiger charge is -2.32. The van der Waals surface area contributed by atoms with Gasteiger partial charge in [-0.25, -0.2) is 0 Å². The van der Waals surface area contributed by atoms with Crippen LogP contribution in [0.15, 0.2) is 24.3 Å². The zero-order valence-electron chi connectivity index (χ0n) is 10.8. The molecular weight excluding hydrogens is 228 g/mol. The molecule has 0 unspecified atom stereocenters. The van der Waals surface area contributed by atoms with E-state index in [1.165, 1.54) is 5.56 Å². The molecule has 2 rings (SSSR count). The summed E-state index contributed by atoms with van der Waals surface area (Å²) in [5, 5.41) is 8.78. The summed E-state index contributed by atoms with van der Waals surface area (Å²) >= 11 is 0. The van der Waals surface area contributed by atoms with Crippen LogP contribution in [-0.4, -0.2) is 60.5 Å². The summed E-state index contributed by atoms with van der Waals surface area (Å²) in [4.78, 5) is 16.0. The highest BCUT2D eigenvalue weighted by Gasteiger charge is 2.13. The first kappa shape index (κ1) is 13.2. The van der Waals surface area contributed by atoms with Crippen LogP contribution in [0.25, 0.3) is 0 Å². The average Bonchev–Trinajstić information content (AvgIpc) is 2.41. The Bertz CT molecular complexity index is 395. The summed E-state index contributed by atoms with van der Waals surface area (Å²) in [6.07, 6.45) is 0. The maximum Gasteiger partial charge on any atom is 0.188 e. The predicted molar refractivity (Wildman–Crippen MR) is 70.6 cm³/mol. The number of hydrogen-bond acceptors (Lipinski definition) is 4. The van der Waals surface area contributed by atoms with Crippen LogP contribution in [-0.2, 0) is 6.54 Å². The van der Waals surface area contributed by atoms with E-state index in [4.69, 9.17) is 5.11 Å². The molecule has 1 aliphatic rings. The fourth-order valence-corrected chi connectivity index (χ4v) is 2.15. The van der Waals surface area contributed by atoms with E-state index in [0.29, 0.717) is 5.56 Å². The lowest BCUT2D eigenvalue weighted by molar-refractivity contribution is 0.0903. The molecule has 1 aliphatic heterocycles. The standard InChI is InChI=1S/C14H20N2O2/c1-15-6-8-16(9-7-15)10-12-2-4-13(5-3-12)14(18)11-17/h2-5,17H,6-11H2,1H3. The largest absolute Gasteiger partial charge is 0.388 e. The fraction of sp³-hybridized carbons (Fsp3) is 0.500. The lowest BCUT2D eigenvalue weighted by atomic mass is 10.1. The molecule has 0 radical (unpaired) electrons. The number of rotatable bonds is 4. The molecule has 98 valence electrons. The van der Waals surface area contributed by atoms with Crippen molar-refractivity contribution >= 4 is 5.78 Å². The van der Waals surface area contributed by atoms with Crippen LogP contribution in [0.1, 0.15) is 15.9 Å². The van der Waals surface area contributed by atoms with Crippen molar-refractivity contribution in [1.82, 2.24) is 9.80 Å². The zero-order chi connectivity index (χ0) is 13.0. The minimum Gasteiger partial charge on any atom is -0.388 e. The van der Waals surface area contributed by atoms with Gasteiger partial charge in [0.1, 0.15) is 6.61 Å². The van der Waals surface area contributed by atoms with E-state index in [1.807, 2.05) is 12.1 Å². The summed E-state index contributed by atoms with van der Waals surface area (Å²) in [7, 11) is 2.15. The van der Waals surface area contributed by atoms with Crippen LogP contribution in [0.3, 0.4) is 0 Å². The van der Waals surface area contributed by atoms with Crippen molar-refractivity contribution in [3.05, 3.63) is 35.4 Å². The number of aliphatic hydroxyl groups excluding tert-OH is 1.